The molecule has 0 saturated heterocycles. The molecular weight excluding hydrogens is 355 g/mol. The molecule has 1 atom stereocenters. The number of rotatable bonds is 3. The molecule has 0 radical (unpaired) electrons. The topological polar surface area (TPSA) is 43.4 Å². The second-order valence-electron chi connectivity index (χ2n) is 6.16. The van der Waals surface area contributed by atoms with Gasteiger partial charge in [-0.2, -0.15) is 0 Å². The van der Waals surface area contributed by atoms with Crippen LogP contribution in [0.15, 0.2) is 47.4 Å². The quantitative estimate of drug-likeness (QED) is 0.784. The van der Waals surface area contributed by atoms with Crippen molar-refractivity contribution in [2.24, 2.45) is 0 Å². The highest BCUT2D eigenvalue weighted by Gasteiger charge is 2.44. The Kier molecular flexibility index (Phi) is 4.11. The Morgan fingerprint density at radius 2 is 1.78 bits per heavy atom. The van der Waals surface area contributed by atoms with E-state index in [1.54, 1.807) is 42.5 Å². The first-order valence-corrected chi connectivity index (χ1v) is 9.57. The van der Waals surface area contributed by atoms with E-state index in [-0.39, 0.29) is 11.7 Å². The predicted octanol–water partition coefficient (Wildman–Crippen LogP) is 4.72. The Hall–Kier alpha value is -1.23. The third-order valence-corrected chi connectivity index (χ3v) is 6.37. The number of ether oxygens (including phenoxy) is 1. The van der Waals surface area contributed by atoms with Crippen LogP contribution in [0.3, 0.4) is 0 Å². The molecule has 2 aromatic carbocycles. The molecule has 0 aliphatic carbocycles. The van der Waals surface area contributed by atoms with Crippen LogP contribution in [0, 0.1) is 0 Å². The molecule has 0 fully saturated rings. The molecule has 2 aromatic rings. The van der Waals surface area contributed by atoms with Gasteiger partial charge in [-0.3, -0.25) is 0 Å². The molecule has 1 aliphatic heterocycles. The molecule has 1 heterocycles. The fourth-order valence-corrected chi connectivity index (χ4v) is 5.22. The Bertz CT molecular complexity index is 846. The lowest BCUT2D eigenvalue weighted by atomic mass is 9.89. The van der Waals surface area contributed by atoms with Crippen molar-refractivity contribution in [3.05, 3.63) is 58.1 Å². The first-order chi connectivity index (χ1) is 10.7. The molecule has 0 aromatic heterocycles. The summed E-state index contributed by atoms with van der Waals surface area (Å²) in [5.41, 5.74) is 0.0606. The summed E-state index contributed by atoms with van der Waals surface area (Å²) in [5, 5.41) is 0.873. The summed E-state index contributed by atoms with van der Waals surface area (Å²) in [6.45, 7) is 3.73. The summed E-state index contributed by atoms with van der Waals surface area (Å²) < 4.78 is 31.4. The Balaban J connectivity index is 2.04. The first-order valence-electron chi connectivity index (χ1n) is 7.16. The second-order valence-corrected chi connectivity index (χ2v) is 9.04. The monoisotopic (exact) mass is 370 g/mol. The minimum absolute atomic E-state index is 0.0618. The summed E-state index contributed by atoms with van der Waals surface area (Å²) >= 11 is 12.3. The van der Waals surface area contributed by atoms with Gasteiger partial charge < -0.3 is 4.74 Å². The normalized spacial score (nSPS) is 19.2. The predicted molar refractivity (Wildman–Crippen MR) is 92.4 cm³/mol. The highest BCUT2D eigenvalue weighted by Crippen LogP contribution is 2.50. The maximum atomic E-state index is 12.7. The van der Waals surface area contributed by atoms with Gasteiger partial charge in [-0.1, -0.05) is 41.4 Å². The van der Waals surface area contributed by atoms with Crippen molar-refractivity contribution in [3.63, 3.8) is 0 Å². The van der Waals surface area contributed by atoms with Crippen LogP contribution in [-0.4, -0.2) is 19.8 Å². The van der Waals surface area contributed by atoms with Crippen LogP contribution in [0.1, 0.15) is 25.3 Å². The van der Waals surface area contributed by atoms with Gasteiger partial charge in [-0.15, -0.1) is 0 Å². The van der Waals surface area contributed by atoms with Gasteiger partial charge in [-0.25, -0.2) is 8.42 Å². The zero-order valence-corrected chi connectivity index (χ0v) is 15.0. The van der Waals surface area contributed by atoms with Gasteiger partial charge in [0.25, 0.3) is 0 Å². The lowest BCUT2D eigenvalue weighted by molar-refractivity contribution is 0.116. The van der Waals surface area contributed by atoms with Crippen molar-refractivity contribution in [2.75, 3.05) is 5.75 Å². The maximum absolute atomic E-state index is 12.7. The van der Waals surface area contributed by atoms with E-state index in [1.165, 1.54) is 0 Å². The standard InChI is InChI=1S/C17H16Cl2O3S/c1-17(2)14(10-23(20,21)12-6-4-3-5-7-12)13-8-11(18)9-15(19)16(13)22-17/h3-9,14H,10H2,1-2H3. The molecule has 0 bridgehead atoms. The molecule has 3 rings (SSSR count). The Morgan fingerprint density at radius 3 is 2.43 bits per heavy atom. The molecule has 1 aliphatic rings. The SMILES string of the molecule is CC1(C)Oc2c(Cl)cc(Cl)cc2C1CS(=O)(=O)c1ccccc1. The second kappa shape index (κ2) is 5.69. The zero-order chi connectivity index (χ0) is 16.8. The summed E-state index contributed by atoms with van der Waals surface area (Å²) in [4.78, 5) is 0.303. The van der Waals surface area contributed by atoms with E-state index in [2.05, 4.69) is 0 Å². The average Bonchev–Trinajstić information content (AvgIpc) is 2.72. The molecule has 23 heavy (non-hydrogen) atoms. The highest BCUT2D eigenvalue weighted by molar-refractivity contribution is 7.91. The van der Waals surface area contributed by atoms with Crippen molar-refractivity contribution in [1.29, 1.82) is 0 Å². The third kappa shape index (κ3) is 3.08. The molecule has 122 valence electrons. The molecule has 0 N–H and O–H groups in total. The van der Waals surface area contributed by atoms with Crippen molar-refractivity contribution >= 4 is 33.0 Å². The van der Waals surface area contributed by atoms with Gasteiger partial charge in [0.15, 0.2) is 9.84 Å². The average molecular weight is 371 g/mol. The van der Waals surface area contributed by atoms with Gasteiger partial charge in [0.05, 0.1) is 15.7 Å². The molecule has 1 unspecified atom stereocenters. The fraction of sp³-hybridized carbons (Fsp3) is 0.294. The van der Waals surface area contributed by atoms with E-state index in [0.717, 1.165) is 5.56 Å². The number of hydrogen-bond donors (Lipinski definition) is 0. The number of benzene rings is 2. The zero-order valence-electron chi connectivity index (χ0n) is 12.7. The molecule has 3 nitrogen and oxygen atoms in total. The van der Waals surface area contributed by atoms with Crippen LogP contribution < -0.4 is 4.74 Å². The van der Waals surface area contributed by atoms with Crippen LogP contribution in [0.4, 0.5) is 0 Å². The minimum atomic E-state index is -3.45. The number of sulfone groups is 1. The number of halogens is 2. The maximum Gasteiger partial charge on any atom is 0.179 e. The van der Waals surface area contributed by atoms with Gasteiger partial charge in [0.1, 0.15) is 11.4 Å². The largest absolute Gasteiger partial charge is 0.485 e. The van der Waals surface area contributed by atoms with Crippen LogP contribution in [0.25, 0.3) is 0 Å². The lowest BCUT2D eigenvalue weighted by Crippen LogP contribution is -2.34. The number of hydrogen-bond acceptors (Lipinski definition) is 3. The number of fused-ring (bicyclic) bond motifs is 1. The smallest absolute Gasteiger partial charge is 0.179 e. The van der Waals surface area contributed by atoms with Gasteiger partial charge in [0, 0.05) is 16.5 Å². The summed E-state index contributed by atoms with van der Waals surface area (Å²) in [5.74, 6) is 0.112. The molecular formula is C17H16Cl2O3S. The first kappa shape index (κ1) is 16.6. The van der Waals surface area contributed by atoms with E-state index in [4.69, 9.17) is 27.9 Å². The molecule has 0 amide bonds. The summed E-state index contributed by atoms with van der Waals surface area (Å²) in [7, 11) is -3.45. The van der Waals surface area contributed by atoms with Crippen molar-refractivity contribution in [3.8, 4) is 5.75 Å². The Morgan fingerprint density at radius 1 is 1.13 bits per heavy atom. The van der Waals surface area contributed by atoms with Crippen molar-refractivity contribution in [2.45, 2.75) is 30.3 Å². The van der Waals surface area contributed by atoms with Crippen molar-refractivity contribution in [1.82, 2.24) is 0 Å². The van der Waals surface area contributed by atoms with Crippen LogP contribution >= 0.6 is 23.2 Å². The van der Waals surface area contributed by atoms with Gasteiger partial charge in [-0.05, 0) is 38.1 Å². The van der Waals surface area contributed by atoms with Crippen LogP contribution in [-0.2, 0) is 9.84 Å². The Labute approximate surface area is 146 Å². The third-order valence-electron chi connectivity index (χ3n) is 4.11. The lowest BCUT2D eigenvalue weighted by Gasteiger charge is -2.26. The molecule has 0 saturated carbocycles. The van der Waals surface area contributed by atoms with Gasteiger partial charge >= 0.3 is 0 Å². The van der Waals surface area contributed by atoms with E-state index < -0.39 is 15.4 Å². The minimum Gasteiger partial charge on any atom is -0.485 e. The summed E-state index contributed by atoms with van der Waals surface area (Å²) in [6, 6.07) is 11.8. The van der Waals surface area contributed by atoms with E-state index in [9.17, 15) is 8.42 Å². The fourth-order valence-electron chi connectivity index (χ4n) is 2.89. The van der Waals surface area contributed by atoms with E-state index >= 15 is 0 Å². The van der Waals surface area contributed by atoms with Gasteiger partial charge in [0.2, 0.25) is 0 Å². The highest BCUT2D eigenvalue weighted by atomic mass is 35.5. The summed E-state index contributed by atoms with van der Waals surface area (Å²) in [6.07, 6.45) is 0. The van der Waals surface area contributed by atoms with E-state index in [1.807, 2.05) is 13.8 Å². The van der Waals surface area contributed by atoms with Crippen molar-refractivity contribution < 1.29 is 13.2 Å². The van der Waals surface area contributed by atoms with Crippen LogP contribution in [0.2, 0.25) is 10.0 Å². The molecule has 6 heteroatoms. The molecule has 0 spiro atoms. The van der Waals surface area contributed by atoms with E-state index in [0.29, 0.717) is 20.7 Å². The van der Waals surface area contributed by atoms with Crippen LogP contribution in [0.5, 0.6) is 5.75 Å².